The molecule has 0 spiro atoms. The van der Waals surface area contributed by atoms with E-state index in [1.807, 2.05) is 12.1 Å². The normalized spacial score (nSPS) is 11.5. The van der Waals surface area contributed by atoms with Gasteiger partial charge in [-0.05, 0) is 41.5 Å². The number of hydrogen-bond donors (Lipinski definition) is 0. The largest absolute Gasteiger partial charge is 0.297 e. The predicted octanol–water partition coefficient (Wildman–Crippen LogP) is 5.31. The highest BCUT2D eigenvalue weighted by molar-refractivity contribution is 7.17. The average Bonchev–Trinajstić information content (AvgIpc) is 2.95. The Labute approximate surface area is 119 Å². The van der Waals surface area contributed by atoms with E-state index >= 15 is 0 Å². The van der Waals surface area contributed by atoms with Crippen molar-refractivity contribution in [2.45, 2.75) is 39.0 Å². The second-order valence-electron chi connectivity index (χ2n) is 5.16. The molecule has 0 aliphatic carbocycles. The lowest BCUT2D eigenvalue weighted by atomic mass is 9.78. The fourth-order valence-corrected chi connectivity index (χ4v) is 3.09. The number of aldehydes is 1. The van der Waals surface area contributed by atoms with Crippen molar-refractivity contribution in [3.8, 4) is 10.4 Å². The van der Waals surface area contributed by atoms with Crippen molar-refractivity contribution in [2.75, 3.05) is 0 Å². The van der Waals surface area contributed by atoms with E-state index in [9.17, 15) is 4.79 Å². The summed E-state index contributed by atoms with van der Waals surface area (Å²) in [5.41, 5.74) is 2.85. The molecule has 0 N–H and O–H groups in total. The van der Waals surface area contributed by atoms with Crippen molar-refractivity contribution in [1.82, 2.24) is 0 Å². The summed E-state index contributed by atoms with van der Waals surface area (Å²) >= 11 is 1.54. The molecule has 0 unspecified atom stereocenters. The van der Waals surface area contributed by atoms with Crippen molar-refractivity contribution < 1.29 is 4.79 Å². The Morgan fingerprint density at radius 1 is 1.05 bits per heavy atom. The molecule has 0 fully saturated rings. The van der Waals surface area contributed by atoms with Gasteiger partial charge in [0, 0.05) is 4.88 Å². The van der Waals surface area contributed by atoms with Crippen LogP contribution in [0.4, 0.5) is 0 Å². The van der Waals surface area contributed by atoms with Crippen LogP contribution in [0.5, 0.6) is 0 Å². The van der Waals surface area contributed by atoms with Crippen LogP contribution in [-0.4, -0.2) is 6.29 Å². The molecule has 0 radical (unpaired) electrons. The Hall–Kier alpha value is -1.41. The molecule has 0 aliphatic rings. The maximum absolute atomic E-state index is 10.7. The van der Waals surface area contributed by atoms with Gasteiger partial charge in [-0.3, -0.25) is 4.79 Å². The SMILES string of the molecule is CCC(C)(CC)c1ccc(-c2ccc(C=O)s2)cc1. The molecule has 1 heterocycles. The fraction of sp³-hybridized carbons (Fsp3) is 0.353. The van der Waals surface area contributed by atoms with E-state index in [-0.39, 0.29) is 5.41 Å². The topological polar surface area (TPSA) is 17.1 Å². The molecule has 0 bridgehead atoms. The van der Waals surface area contributed by atoms with Crippen molar-refractivity contribution in [3.63, 3.8) is 0 Å². The molecule has 2 aromatic rings. The molecule has 1 aromatic heterocycles. The summed E-state index contributed by atoms with van der Waals surface area (Å²) in [6, 6.07) is 12.7. The van der Waals surface area contributed by atoms with Gasteiger partial charge in [0.2, 0.25) is 0 Å². The van der Waals surface area contributed by atoms with Gasteiger partial charge in [0.05, 0.1) is 4.88 Å². The van der Waals surface area contributed by atoms with Crippen LogP contribution in [0.2, 0.25) is 0 Å². The Morgan fingerprint density at radius 3 is 2.16 bits per heavy atom. The van der Waals surface area contributed by atoms with Crippen LogP contribution in [0.25, 0.3) is 10.4 Å². The lowest BCUT2D eigenvalue weighted by molar-refractivity contribution is 0.112. The average molecular weight is 272 g/mol. The van der Waals surface area contributed by atoms with Crippen LogP contribution in [0.15, 0.2) is 36.4 Å². The Bertz CT molecular complexity index is 547. The van der Waals surface area contributed by atoms with Crippen molar-refractivity contribution in [1.29, 1.82) is 0 Å². The van der Waals surface area contributed by atoms with Gasteiger partial charge in [-0.15, -0.1) is 11.3 Å². The van der Waals surface area contributed by atoms with Crippen molar-refractivity contribution in [3.05, 3.63) is 46.8 Å². The molecule has 0 saturated carbocycles. The van der Waals surface area contributed by atoms with Crippen LogP contribution in [0.3, 0.4) is 0 Å². The van der Waals surface area contributed by atoms with E-state index in [0.717, 1.165) is 28.9 Å². The summed E-state index contributed by atoms with van der Waals surface area (Å²) in [5.74, 6) is 0. The Balaban J connectivity index is 2.30. The summed E-state index contributed by atoms with van der Waals surface area (Å²) in [4.78, 5) is 12.7. The minimum absolute atomic E-state index is 0.266. The summed E-state index contributed by atoms with van der Waals surface area (Å²) in [6.07, 6.45) is 3.21. The van der Waals surface area contributed by atoms with E-state index < -0.39 is 0 Å². The highest BCUT2D eigenvalue weighted by Crippen LogP contribution is 2.33. The molecule has 2 rings (SSSR count). The van der Waals surface area contributed by atoms with Gasteiger partial charge in [0.15, 0.2) is 6.29 Å². The maximum Gasteiger partial charge on any atom is 0.160 e. The van der Waals surface area contributed by atoms with Gasteiger partial charge in [0.25, 0.3) is 0 Å². The third kappa shape index (κ3) is 2.79. The van der Waals surface area contributed by atoms with Gasteiger partial charge in [0.1, 0.15) is 0 Å². The highest BCUT2D eigenvalue weighted by atomic mass is 32.1. The smallest absolute Gasteiger partial charge is 0.160 e. The van der Waals surface area contributed by atoms with Gasteiger partial charge in [-0.2, -0.15) is 0 Å². The van der Waals surface area contributed by atoms with Crippen molar-refractivity contribution >= 4 is 17.6 Å². The molecule has 0 saturated heterocycles. The highest BCUT2D eigenvalue weighted by Gasteiger charge is 2.21. The van der Waals surface area contributed by atoms with Gasteiger partial charge in [-0.1, -0.05) is 45.0 Å². The molecule has 19 heavy (non-hydrogen) atoms. The molecule has 1 nitrogen and oxygen atoms in total. The Kier molecular flexibility index (Phi) is 4.20. The summed E-state index contributed by atoms with van der Waals surface area (Å²) in [6.45, 7) is 6.80. The van der Waals surface area contributed by atoms with Crippen LogP contribution in [-0.2, 0) is 5.41 Å². The zero-order valence-electron chi connectivity index (χ0n) is 11.8. The maximum atomic E-state index is 10.7. The van der Waals surface area contributed by atoms with Crippen molar-refractivity contribution in [2.24, 2.45) is 0 Å². The van der Waals surface area contributed by atoms with Crippen LogP contribution >= 0.6 is 11.3 Å². The zero-order valence-corrected chi connectivity index (χ0v) is 12.6. The quantitative estimate of drug-likeness (QED) is 0.674. The molecule has 0 amide bonds. The van der Waals surface area contributed by atoms with Gasteiger partial charge >= 0.3 is 0 Å². The van der Waals surface area contributed by atoms with Gasteiger partial charge in [-0.25, -0.2) is 0 Å². The third-order valence-corrected chi connectivity index (χ3v) is 5.23. The third-order valence-electron chi connectivity index (χ3n) is 4.17. The minimum Gasteiger partial charge on any atom is -0.297 e. The second kappa shape index (κ2) is 5.70. The summed E-state index contributed by atoms with van der Waals surface area (Å²) < 4.78 is 0. The first-order valence-electron chi connectivity index (χ1n) is 6.79. The first-order chi connectivity index (χ1) is 9.12. The zero-order chi connectivity index (χ0) is 13.9. The lowest BCUT2D eigenvalue weighted by Crippen LogP contribution is -2.19. The van der Waals surface area contributed by atoms with E-state index in [1.165, 1.54) is 11.1 Å². The number of hydrogen-bond acceptors (Lipinski definition) is 2. The summed E-state index contributed by atoms with van der Waals surface area (Å²) in [5, 5.41) is 0. The molecule has 2 heteroatoms. The Morgan fingerprint density at radius 2 is 1.68 bits per heavy atom. The molecular weight excluding hydrogens is 252 g/mol. The first kappa shape index (κ1) is 14.0. The second-order valence-corrected chi connectivity index (χ2v) is 6.28. The lowest BCUT2D eigenvalue weighted by Gasteiger charge is -2.27. The number of carbonyl (C=O) groups excluding carboxylic acids is 1. The molecule has 100 valence electrons. The number of thiophene rings is 1. The molecule has 1 aromatic carbocycles. The summed E-state index contributed by atoms with van der Waals surface area (Å²) in [7, 11) is 0. The van der Waals surface area contributed by atoms with Crippen LogP contribution in [0.1, 0.15) is 48.8 Å². The van der Waals surface area contributed by atoms with Gasteiger partial charge < -0.3 is 0 Å². The number of carbonyl (C=O) groups is 1. The van der Waals surface area contributed by atoms with E-state index in [2.05, 4.69) is 45.0 Å². The van der Waals surface area contributed by atoms with E-state index in [0.29, 0.717) is 0 Å². The minimum atomic E-state index is 0.266. The number of benzene rings is 1. The van der Waals surface area contributed by atoms with E-state index in [4.69, 9.17) is 0 Å². The molecule has 0 aliphatic heterocycles. The standard InChI is InChI=1S/C17H20OS/c1-4-17(3,5-2)14-8-6-13(7-9-14)16-11-10-15(12-18)19-16/h6-12H,4-5H2,1-3H3. The monoisotopic (exact) mass is 272 g/mol. The fourth-order valence-electron chi connectivity index (χ4n) is 2.27. The first-order valence-corrected chi connectivity index (χ1v) is 7.60. The predicted molar refractivity (Wildman–Crippen MR) is 83.1 cm³/mol. The van der Waals surface area contributed by atoms with Crippen LogP contribution < -0.4 is 0 Å². The van der Waals surface area contributed by atoms with Crippen LogP contribution in [0, 0.1) is 0 Å². The molecule has 0 atom stereocenters. The van der Waals surface area contributed by atoms with E-state index in [1.54, 1.807) is 11.3 Å². The molecular formula is C17H20OS. The number of rotatable bonds is 5.